The van der Waals surface area contributed by atoms with E-state index >= 15 is 0 Å². The zero-order valence-corrected chi connectivity index (χ0v) is 18.1. The number of rotatable bonds is 9. The van der Waals surface area contributed by atoms with E-state index in [9.17, 15) is 0 Å². The molecule has 0 saturated heterocycles. The van der Waals surface area contributed by atoms with E-state index in [4.69, 9.17) is 14.3 Å². The zero-order valence-electron chi connectivity index (χ0n) is 13.4. The number of hydrogen-bond acceptors (Lipinski definition) is 4. The molecule has 128 valence electrons. The van der Waals surface area contributed by atoms with Crippen LogP contribution in [0, 0.1) is 6.92 Å². The molecule has 0 aliphatic heterocycles. The topological polar surface area (TPSA) is 40.0 Å². The van der Waals surface area contributed by atoms with Crippen LogP contribution in [0.4, 0.5) is 0 Å². The maximum Gasteiger partial charge on any atom is 0.136 e. The lowest BCUT2D eigenvalue weighted by Crippen LogP contribution is -2.04. The monoisotopic (exact) mass is 511 g/mol. The van der Waals surface area contributed by atoms with Gasteiger partial charge in [0.05, 0.1) is 20.2 Å². The largest absolute Gasteiger partial charge is 0.492 e. The molecule has 1 aromatic carbocycles. The summed E-state index contributed by atoms with van der Waals surface area (Å²) in [6.07, 6.45) is 2.65. The Bertz CT molecular complexity index is 543. The number of benzene rings is 1. The third kappa shape index (κ3) is 8.77. The minimum Gasteiger partial charge on any atom is -0.492 e. The Hall–Kier alpha value is -0.530. The summed E-state index contributed by atoms with van der Waals surface area (Å²) >= 11 is 10.1. The first-order valence-electron chi connectivity index (χ1n) is 7.10. The van der Waals surface area contributed by atoms with Gasteiger partial charge in [-0.05, 0) is 92.3 Å². The Morgan fingerprint density at radius 1 is 1.17 bits per heavy atom. The summed E-state index contributed by atoms with van der Waals surface area (Å²) in [7, 11) is 0. The Kier molecular flexibility index (Phi) is 9.90. The molecular formula is C16H20Br3NO3. The van der Waals surface area contributed by atoms with Crippen LogP contribution in [0.15, 0.2) is 31.2 Å². The molecule has 4 nitrogen and oxygen atoms in total. The van der Waals surface area contributed by atoms with Crippen LogP contribution >= 0.6 is 47.8 Å². The van der Waals surface area contributed by atoms with Gasteiger partial charge in [0, 0.05) is 6.42 Å². The smallest absolute Gasteiger partial charge is 0.136 e. The average molecular weight is 514 g/mol. The van der Waals surface area contributed by atoms with Crippen molar-refractivity contribution in [3.63, 3.8) is 0 Å². The molecule has 0 saturated carbocycles. The van der Waals surface area contributed by atoms with E-state index in [-0.39, 0.29) is 0 Å². The minimum atomic E-state index is 0.479. The van der Waals surface area contributed by atoms with Gasteiger partial charge in [0.15, 0.2) is 0 Å². The maximum atomic E-state index is 5.81. The highest BCUT2D eigenvalue weighted by Gasteiger charge is 2.08. The lowest BCUT2D eigenvalue weighted by molar-refractivity contribution is 0.127. The van der Waals surface area contributed by atoms with Crippen molar-refractivity contribution in [2.24, 2.45) is 5.16 Å². The Morgan fingerprint density at radius 2 is 1.91 bits per heavy atom. The van der Waals surface area contributed by atoms with Crippen LogP contribution < -0.4 is 9.47 Å². The molecule has 1 rings (SSSR count). The molecule has 0 unspecified atom stereocenters. The van der Waals surface area contributed by atoms with E-state index in [0.717, 1.165) is 37.1 Å². The molecule has 0 atom stereocenters. The van der Waals surface area contributed by atoms with Gasteiger partial charge in [0.25, 0.3) is 0 Å². The number of aryl methyl sites for hydroxylation is 1. The van der Waals surface area contributed by atoms with Gasteiger partial charge in [-0.3, -0.25) is 0 Å². The predicted molar refractivity (Wildman–Crippen MR) is 105 cm³/mol. The molecule has 1 aromatic rings. The second-order valence-electron chi connectivity index (χ2n) is 4.93. The number of hydrogen-bond donors (Lipinski definition) is 0. The van der Waals surface area contributed by atoms with Crippen molar-refractivity contribution in [1.29, 1.82) is 0 Å². The van der Waals surface area contributed by atoms with Crippen LogP contribution in [0.3, 0.4) is 0 Å². The summed E-state index contributed by atoms with van der Waals surface area (Å²) in [5, 5.41) is 3.88. The number of oxime groups is 1. The quantitative estimate of drug-likeness (QED) is 0.233. The lowest BCUT2D eigenvalue weighted by Gasteiger charge is -2.13. The highest BCUT2D eigenvalue weighted by molar-refractivity contribution is 9.28. The molecule has 0 amide bonds. The van der Waals surface area contributed by atoms with Gasteiger partial charge in [-0.1, -0.05) is 5.16 Å². The SMILES string of the molecule is CC(C)=NOCCCOc1c(C)cc(OCC=C(Br)Br)cc1Br. The summed E-state index contributed by atoms with van der Waals surface area (Å²) in [6.45, 7) is 7.37. The van der Waals surface area contributed by atoms with E-state index in [1.165, 1.54) is 0 Å². The Labute approximate surface area is 162 Å². The standard InChI is InChI=1S/C16H20Br3NO3/c1-11(2)20-23-7-4-6-22-16-12(3)9-13(10-14(16)17)21-8-5-15(18)19/h5,9-10H,4,6-8H2,1-3H3. The third-order valence-corrected chi connectivity index (χ3v) is 3.80. The Balaban J connectivity index is 2.50. The summed E-state index contributed by atoms with van der Waals surface area (Å²) in [5.41, 5.74) is 1.92. The highest BCUT2D eigenvalue weighted by atomic mass is 79.9. The second kappa shape index (κ2) is 11.1. The summed E-state index contributed by atoms with van der Waals surface area (Å²) in [5.74, 6) is 1.61. The predicted octanol–water partition coefficient (Wildman–Crippen LogP) is 5.95. The summed E-state index contributed by atoms with van der Waals surface area (Å²) < 4.78 is 13.2. The molecule has 7 heteroatoms. The number of ether oxygens (including phenoxy) is 2. The summed E-state index contributed by atoms with van der Waals surface area (Å²) in [6, 6.07) is 3.86. The van der Waals surface area contributed by atoms with Gasteiger partial charge in [0.1, 0.15) is 24.7 Å². The molecule has 0 aromatic heterocycles. The van der Waals surface area contributed by atoms with Crippen molar-refractivity contribution in [1.82, 2.24) is 0 Å². The van der Waals surface area contributed by atoms with E-state index in [1.807, 2.05) is 39.0 Å². The van der Waals surface area contributed by atoms with E-state index in [1.54, 1.807) is 0 Å². The molecule has 0 spiro atoms. The van der Waals surface area contributed by atoms with Gasteiger partial charge in [0.2, 0.25) is 0 Å². The molecule has 0 fully saturated rings. The van der Waals surface area contributed by atoms with Crippen molar-refractivity contribution in [2.45, 2.75) is 27.2 Å². The van der Waals surface area contributed by atoms with Crippen molar-refractivity contribution in [2.75, 3.05) is 19.8 Å². The van der Waals surface area contributed by atoms with Crippen molar-refractivity contribution in [3.8, 4) is 11.5 Å². The van der Waals surface area contributed by atoms with Crippen LogP contribution in [0.2, 0.25) is 0 Å². The third-order valence-electron chi connectivity index (χ3n) is 2.56. The van der Waals surface area contributed by atoms with Crippen LogP contribution in [0.1, 0.15) is 25.8 Å². The molecule has 0 bridgehead atoms. The van der Waals surface area contributed by atoms with E-state index < -0.39 is 0 Å². The number of nitrogens with zero attached hydrogens (tertiary/aromatic N) is 1. The van der Waals surface area contributed by atoms with Crippen molar-refractivity contribution in [3.05, 3.63) is 31.6 Å². The van der Waals surface area contributed by atoms with Crippen LogP contribution in [0.5, 0.6) is 11.5 Å². The minimum absolute atomic E-state index is 0.479. The van der Waals surface area contributed by atoms with Crippen molar-refractivity contribution >= 4 is 53.5 Å². The van der Waals surface area contributed by atoms with Gasteiger partial charge in [-0.2, -0.15) is 0 Å². The van der Waals surface area contributed by atoms with Gasteiger partial charge in [-0.15, -0.1) is 0 Å². The number of halogens is 3. The van der Waals surface area contributed by atoms with Crippen molar-refractivity contribution < 1.29 is 14.3 Å². The fourth-order valence-corrected chi connectivity index (χ4v) is 2.56. The van der Waals surface area contributed by atoms with E-state index in [0.29, 0.717) is 19.8 Å². The summed E-state index contributed by atoms with van der Waals surface area (Å²) in [4.78, 5) is 5.14. The molecule has 23 heavy (non-hydrogen) atoms. The molecule has 0 N–H and O–H groups in total. The van der Waals surface area contributed by atoms with Crippen LogP contribution in [-0.2, 0) is 4.84 Å². The first-order valence-corrected chi connectivity index (χ1v) is 9.48. The van der Waals surface area contributed by atoms with Gasteiger partial charge in [-0.25, -0.2) is 0 Å². The fourth-order valence-electron chi connectivity index (χ4n) is 1.64. The van der Waals surface area contributed by atoms with Crippen LogP contribution in [-0.4, -0.2) is 25.5 Å². The fraction of sp³-hybridized carbons (Fsp3) is 0.438. The van der Waals surface area contributed by atoms with E-state index in [2.05, 4.69) is 52.9 Å². The zero-order chi connectivity index (χ0) is 17.2. The maximum absolute atomic E-state index is 5.81. The first kappa shape index (κ1) is 20.5. The second-order valence-corrected chi connectivity index (χ2v) is 8.56. The Morgan fingerprint density at radius 3 is 2.52 bits per heavy atom. The molecule has 0 aliphatic carbocycles. The first-order chi connectivity index (χ1) is 10.9. The lowest BCUT2D eigenvalue weighted by atomic mass is 10.2. The highest BCUT2D eigenvalue weighted by Crippen LogP contribution is 2.33. The molecular weight excluding hydrogens is 494 g/mol. The molecule has 0 aliphatic rings. The molecule has 0 radical (unpaired) electrons. The van der Waals surface area contributed by atoms with Crippen LogP contribution in [0.25, 0.3) is 0 Å². The van der Waals surface area contributed by atoms with Gasteiger partial charge < -0.3 is 14.3 Å². The normalized spacial score (nSPS) is 10.0. The van der Waals surface area contributed by atoms with Gasteiger partial charge >= 0.3 is 0 Å². The average Bonchev–Trinajstić information content (AvgIpc) is 2.44. The molecule has 0 heterocycles.